The van der Waals surface area contributed by atoms with E-state index in [9.17, 15) is 0 Å². The number of hydrogen-bond acceptors (Lipinski definition) is 5. The first kappa shape index (κ1) is 11.5. The first-order valence-corrected chi connectivity index (χ1v) is 5.93. The van der Waals surface area contributed by atoms with E-state index in [-0.39, 0.29) is 0 Å². The topological polar surface area (TPSA) is 60.2 Å². The fourth-order valence-corrected chi connectivity index (χ4v) is 2.00. The number of methoxy groups -OCH3 is 1. The van der Waals surface area contributed by atoms with E-state index < -0.39 is 0 Å². The van der Waals surface area contributed by atoms with Crippen molar-refractivity contribution in [1.82, 2.24) is 10.1 Å². The third-order valence-corrected chi connectivity index (χ3v) is 2.91. The summed E-state index contributed by atoms with van der Waals surface area (Å²) >= 11 is 0. The summed E-state index contributed by atoms with van der Waals surface area (Å²) in [6, 6.07) is 9.64. The van der Waals surface area contributed by atoms with Crippen LogP contribution in [0, 0.1) is 0 Å². The minimum atomic E-state index is 0.545. The summed E-state index contributed by atoms with van der Waals surface area (Å²) in [5, 5.41) is 8.95. The molecular formula is C14H13N3O2. The molecule has 19 heavy (non-hydrogen) atoms. The van der Waals surface area contributed by atoms with E-state index in [0.717, 1.165) is 28.1 Å². The lowest BCUT2D eigenvalue weighted by molar-refractivity contribution is 0.388. The van der Waals surface area contributed by atoms with Gasteiger partial charge in [0.15, 0.2) is 5.76 Å². The van der Waals surface area contributed by atoms with Crippen LogP contribution >= 0.6 is 0 Å². The Balaban J connectivity index is 1.95. The Morgan fingerprint density at radius 3 is 2.89 bits per heavy atom. The normalized spacial score (nSPS) is 10.6. The van der Waals surface area contributed by atoms with Gasteiger partial charge in [0.25, 0.3) is 0 Å². The van der Waals surface area contributed by atoms with Crippen molar-refractivity contribution in [2.24, 2.45) is 0 Å². The monoisotopic (exact) mass is 255 g/mol. The van der Waals surface area contributed by atoms with Gasteiger partial charge in [-0.25, -0.2) is 4.98 Å². The zero-order chi connectivity index (χ0) is 13.1. The SMILES string of the molecule is COc1cccc2c(NCc3ccno3)nccc12. The number of nitrogens with zero attached hydrogens (tertiary/aromatic N) is 2. The Hall–Kier alpha value is -2.56. The van der Waals surface area contributed by atoms with E-state index in [2.05, 4.69) is 15.5 Å². The minimum Gasteiger partial charge on any atom is -0.496 e. The van der Waals surface area contributed by atoms with Crippen molar-refractivity contribution in [2.45, 2.75) is 6.54 Å². The standard InChI is InChI=1S/C14H13N3O2/c1-18-13-4-2-3-12-11(13)6-7-15-14(12)16-9-10-5-8-17-19-10/h2-8H,9H2,1H3,(H,15,16). The third kappa shape index (κ3) is 2.22. The molecule has 0 saturated carbocycles. The molecule has 2 aromatic heterocycles. The molecule has 2 heterocycles. The molecule has 0 aliphatic rings. The quantitative estimate of drug-likeness (QED) is 0.776. The zero-order valence-corrected chi connectivity index (χ0v) is 10.5. The fraction of sp³-hybridized carbons (Fsp3) is 0.143. The molecular weight excluding hydrogens is 242 g/mol. The molecule has 0 amide bonds. The van der Waals surface area contributed by atoms with Gasteiger partial charge in [-0.05, 0) is 12.1 Å². The van der Waals surface area contributed by atoms with Crippen molar-refractivity contribution >= 4 is 16.6 Å². The van der Waals surface area contributed by atoms with Crippen molar-refractivity contribution in [2.75, 3.05) is 12.4 Å². The lowest BCUT2D eigenvalue weighted by Crippen LogP contribution is -2.01. The van der Waals surface area contributed by atoms with Gasteiger partial charge in [0.2, 0.25) is 0 Å². The second-order valence-corrected chi connectivity index (χ2v) is 4.05. The number of pyridine rings is 1. The van der Waals surface area contributed by atoms with Crippen molar-refractivity contribution in [3.8, 4) is 5.75 Å². The molecule has 1 N–H and O–H groups in total. The number of ether oxygens (including phenoxy) is 1. The molecule has 3 rings (SSSR count). The van der Waals surface area contributed by atoms with Crippen molar-refractivity contribution in [3.05, 3.63) is 48.5 Å². The van der Waals surface area contributed by atoms with E-state index in [0.29, 0.717) is 6.54 Å². The third-order valence-electron chi connectivity index (χ3n) is 2.91. The van der Waals surface area contributed by atoms with Crippen molar-refractivity contribution in [3.63, 3.8) is 0 Å². The maximum absolute atomic E-state index is 5.35. The van der Waals surface area contributed by atoms with Crippen LogP contribution in [-0.4, -0.2) is 17.3 Å². The highest BCUT2D eigenvalue weighted by molar-refractivity contribution is 5.95. The Labute approximate surface area is 110 Å². The highest BCUT2D eigenvalue weighted by atomic mass is 16.5. The van der Waals surface area contributed by atoms with E-state index >= 15 is 0 Å². The van der Waals surface area contributed by atoms with Crippen LogP contribution in [0.2, 0.25) is 0 Å². The van der Waals surface area contributed by atoms with E-state index in [1.54, 1.807) is 19.5 Å². The van der Waals surface area contributed by atoms with Gasteiger partial charge in [0.05, 0.1) is 19.9 Å². The molecule has 0 saturated heterocycles. The number of aromatic nitrogens is 2. The second-order valence-electron chi connectivity index (χ2n) is 4.05. The van der Waals surface area contributed by atoms with Crippen LogP contribution in [0.3, 0.4) is 0 Å². The predicted molar refractivity (Wildman–Crippen MR) is 72.1 cm³/mol. The van der Waals surface area contributed by atoms with Crippen LogP contribution in [0.4, 0.5) is 5.82 Å². The Bertz CT molecular complexity index is 680. The molecule has 0 fully saturated rings. The molecule has 96 valence electrons. The van der Waals surface area contributed by atoms with Crippen LogP contribution in [-0.2, 0) is 6.54 Å². The molecule has 0 aliphatic carbocycles. The fourth-order valence-electron chi connectivity index (χ4n) is 2.00. The summed E-state index contributed by atoms with van der Waals surface area (Å²) in [6.45, 7) is 0.545. The first-order chi connectivity index (χ1) is 9.38. The lowest BCUT2D eigenvalue weighted by atomic mass is 10.1. The second kappa shape index (κ2) is 4.97. The molecule has 5 heteroatoms. The molecule has 0 atom stereocenters. The molecule has 0 spiro atoms. The van der Waals surface area contributed by atoms with Crippen LogP contribution in [0.15, 0.2) is 47.2 Å². The number of anilines is 1. The molecule has 0 aliphatic heterocycles. The van der Waals surface area contributed by atoms with Gasteiger partial charge in [-0.2, -0.15) is 0 Å². The Morgan fingerprint density at radius 1 is 1.16 bits per heavy atom. The highest BCUT2D eigenvalue weighted by Gasteiger charge is 2.06. The molecule has 0 radical (unpaired) electrons. The van der Waals surface area contributed by atoms with E-state index in [1.807, 2.05) is 30.3 Å². The molecule has 5 nitrogen and oxygen atoms in total. The molecule has 0 bridgehead atoms. The maximum Gasteiger partial charge on any atom is 0.155 e. The Morgan fingerprint density at radius 2 is 2.11 bits per heavy atom. The van der Waals surface area contributed by atoms with Gasteiger partial charge in [0.1, 0.15) is 11.6 Å². The summed E-state index contributed by atoms with van der Waals surface area (Å²) in [7, 11) is 1.66. The smallest absolute Gasteiger partial charge is 0.155 e. The molecule has 1 aromatic carbocycles. The summed E-state index contributed by atoms with van der Waals surface area (Å²) in [4.78, 5) is 4.35. The van der Waals surface area contributed by atoms with Crippen molar-refractivity contribution in [1.29, 1.82) is 0 Å². The predicted octanol–water partition coefficient (Wildman–Crippen LogP) is 2.84. The van der Waals surface area contributed by atoms with Gasteiger partial charge in [0, 0.05) is 23.0 Å². The largest absolute Gasteiger partial charge is 0.496 e. The van der Waals surface area contributed by atoms with Gasteiger partial charge < -0.3 is 14.6 Å². The number of rotatable bonds is 4. The average molecular weight is 255 g/mol. The Kier molecular flexibility index (Phi) is 3.02. The summed E-state index contributed by atoms with van der Waals surface area (Å²) < 4.78 is 10.4. The highest BCUT2D eigenvalue weighted by Crippen LogP contribution is 2.29. The number of benzene rings is 1. The summed E-state index contributed by atoms with van der Waals surface area (Å²) in [5.41, 5.74) is 0. The lowest BCUT2D eigenvalue weighted by Gasteiger charge is -2.09. The molecule has 0 unspecified atom stereocenters. The first-order valence-electron chi connectivity index (χ1n) is 5.93. The summed E-state index contributed by atoms with van der Waals surface area (Å²) in [6.07, 6.45) is 3.38. The average Bonchev–Trinajstić information content (AvgIpc) is 2.97. The summed E-state index contributed by atoms with van der Waals surface area (Å²) in [5.74, 6) is 2.40. The number of nitrogens with one attached hydrogen (secondary N) is 1. The van der Waals surface area contributed by atoms with Crippen LogP contribution in [0.1, 0.15) is 5.76 Å². The molecule has 3 aromatic rings. The van der Waals surface area contributed by atoms with Crippen LogP contribution < -0.4 is 10.1 Å². The van der Waals surface area contributed by atoms with E-state index in [1.165, 1.54) is 0 Å². The number of fused-ring (bicyclic) bond motifs is 1. The van der Waals surface area contributed by atoms with Crippen LogP contribution in [0.5, 0.6) is 5.75 Å². The van der Waals surface area contributed by atoms with Gasteiger partial charge in [-0.3, -0.25) is 0 Å². The number of hydrogen-bond donors (Lipinski definition) is 1. The zero-order valence-electron chi connectivity index (χ0n) is 10.5. The van der Waals surface area contributed by atoms with Crippen molar-refractivity contribution < 1.29 is 9.26 Å². The van der Waals surface area contributed by atoms with E-state index in [4.69, 9.17) is 9.26 Å². The minimum absolute atomic E-state index is 0.545. The van der Waals surface area contributed by atoms with Gasteiger partial charge in [-0.15, -0.1) is 0 Å². The maximum atomic E-state index is 5.35. The van der Waals surface area contributed by atoms with Gasteiger partial charge in [-0.1, -0.05) is 17.3 Å². The van der Waals surface area contributed by atoms with Gasteiger partial charge >= 0.3 is 0 Å². The van der Waals surface area contributed by atoms with Crippen LogP contribution in [0.25, 0.3) is 10.8 Å².